The maximum atomic E-state index is 11.3. The minimum Gasteiger partial charge on any atom is -0.364 e. The van der Waals surface area contributed by atoms with Crippen LogP contribution < -0.4 is 10.6 Å². The van der Waals surface area contributed by atoms with E-state index >= 15 is 0 Å². The molecule has 1 atom stereocenters. The van der Waals surface area contributed by atoms with Crippen LogP contribution in [0.25, 0.3) is 11.0 Å². The van der Waals surface area contributed by atoms with Crippen molar-refractivity contribution in [3.63, 3.8) is 0 Å². The van der Waals surface area contributed by atoms with Crippen LogP contribution >= 0.6 is 0 Å². The lowest BCUT2D eigenvalue weighted by atomic mass is 9.97. The van der Waals surface area contributed by atoms with E-state index in [9.17, 15) is 4.79 Å². The van der Waals surface area contributed by atoms with Crippen LogP contribution in [0.1, 0.15) is 35.1 Å². The lowest BCUT2D eigenvalue weighted by molar-refractivity contribution is 0.0995. The van der Waals surface area contributed by atoms with Gasteiger partial charge in [-0.1, -0.05) is 12.1 Å². The number of aromatic amines is 1. The van der Waals surface area contributed by atoms with Gasteiger partial charge in [0.1, 0.15) is 17.3 Å². The molecule has 3 aromatic rings. The van der Waals surface area contributed by atoms with Crippen molar-refractivity contribution in [2.75, 3.05) is 18.0 Å². The predicted molar refractivity (Wildman–Crippen MR) is 90.8 cm³/mol. The van der Waals surface area contributed by atoms with Crippen LogP contribution in [0.5, 0.6) is 0 Å². The number of carbonyl (C=O) groups excluding carboxylic acids is 1. The lowest BCUT2D eigenvalue weighted by Crippen LogP contribution is -2.35. The topological polar surface area (TPSA) is 101 Å². The summed E-state index contributed by atoms with van der Waals surface area (Å²) in [4.78, 5) is 30.0. The van der Waals surface area contributed by atoms with Gasteiger partial charge < -0.3 is 15.6 Å². The second kappa shape index (κ2) is 5.92. The quantitative estimate of drug-likeness (QED) is 0.766. The summed E-state index contributed by atoms with van der Waals surface area (Å²) in [5, 5.41) is 0. The SMILES string of the molecule is NC(=O)c1cncc(N2CCC[C@@H](c3nc4ccccc4[nH]3)C2)n1. The zero-order valence-electron chi connectivity index (χ0n) is 13.1. The average molecular weight is 322 g/mol. The zero-order chi connectivity index (χ0) is 16.5. The highest BCUT2D eigenvalue weighted by Gasteiger charge is 2.25. The first-order valence-corrected chi connectivity index (χ1v) is 8.02. The maximum absolute atomic E-state index is 11.3. The first-order valence-electron chi connectivity index (χ1n) is 8.02. The van der Waals surface area contributed by atoms with E-state index in [1.165, 1.54) is 6.20 Å². The fourth-order valence-corrected chi connectivity index (χ4v) is 3.20. The monoisotopic (exact) mass is 322 g/mol. The zero-order valence-corrected chi connectivity index (χ0v) is 13.1. The normalized spacial score (nSPS) is 18.0. The van der Waals surface area contributed by atoms with Gasteiger partial charge >= 0.3 is 0 Å². The number of hydrogen-bond acceptors (Lipinski definition) is 5. The van der Waals surface area contributed by atoms with Crippen LogP contribution in [0.2, 0.25) is 0 Å². The minimum atomic E-state index is -0.560. The Morgan fingerprint density at radius 3 is 2.96 bits per heavy atom. The molecule has 4 rings (SSSR count). The van der Waals surface area contributed by atoms with Crippen LogP contribution in [-0.4, -0.2) is 38.9 Å². The Balaban J connectivity index is 1.59. The van der Waals surface area contributed by atoms with Crippen molar-refractivity contribution >= 4 is 22.8 Å². The van der Waals surface area contributed by atoms with Crippen molar-refractivity contribution in [1.29, 1.82) is 0 Å². The lowest BCUT2D eigenvalue weighted by Gasteiger charge is -2.32. The summed E-state index contributed by atoms with van der Waals surface area (Å²) in [6.45, 7) is 1.67. The third kappa shape index (κ3) is 2.68. The number of imidazole rings is 1. The van der Waals surface area contributed by atoms with E-state index < -0.39 is 5.91 Å². The molecule has 1 aliphatic heterocycles. The van der Waals surface area contributed by atoms with Gasteiger partial charge in [-0.05, 0) is 25.0 Å². The Morgan fingerprint density at radius 2 is 2.12 bits per heavy atom. The summed E-state index contributed by atoms with van der Waals surface area (Å²) >= 11 is 0. The summed E-state index contributed by atoms with van der Waals surface area (Å²) in [6.07, 6.45) is 5.17. The molecule has 1 amide bonds. The molecule has 122 valence electrons. The standard InChI is InChI=1S/C17H18N6O/c18-16(24)14-8-19-9-15(20-14)23-7-3-4-11(10-23)17-21-12-5-1-2-6-13(12)22-17/h1-2,5-6,8-9,11H,3-4,7,10H2,(H2,18,24)(H,21,22)/t11-/m1/s1. The van der Waals surface area contributed by atoms with Crippen molar-refractivity contribution in [3.05, 3.63) is 48.2 Å². The molecule has 0 unspecified atom stereocenters. The first kappa shape index (κ1) is 14.6. The van der Waals surface area contributed by atoms with Gasteiger partial charge in [-0.3, -0.25) is 9.78 Å². The number of hydrogen-bond donors (Lipinski definition) is 2. The molecule has 0 radical (unpaired) electrons. The predicted octanol–water partition coefficient (Wildman–Crippen LogP) is 1.84. The number of nitrogens with one attached hydrogen (secondary N) is 1. The van der Waals surface area contributed by atoms with Crippen LogP contribution in [0.3, 0.4) is 0 Å². The summed E-state index contributed by atoms with van der Waals surface area (Å²) in [5.74, 6) is 1.42. The fraction of sp³-hybridized carbons (Fsp3) is 0.294. The Bertz CT molecular complexity index is 856. The van der Waals surface area contributed by atoms with Gasteiger partial charge in [-0.2, -0.15) is 0 Å². The molecule has 1 saturated heterocycles. The molecular weight excluding hydrogens is 304 g/mol. The van der Waals surface area contributed by atoms with Gasteiger partial charge in [0.05, 0.1) is 23.4 Å². The van der Waals surface area contributed by atoms with Crippen LogP contribution in [0.4, 0.5) is 5.82 Å². The summed E-state index contributed by atoms with van der Waals surface area (Å²) in [5.41, 5.74) is 7.53. The molecule has 24 heavy (non-hydrogen) atoms. The molecule has 3 heterocycles. The van der Waals surface area contributed by atoms with Crippen LogP contribution in [0, 0.1) is 0 Å². The number of amides is 1. The van der Waals surface area contributed by atoms with Gasteiger partial charge in [0.2, 0.25) is 0 Å². The average Bonchev–Trinajstić information content (AvgIpc) is 3.06. The van der Waals surface area contributed by atoms with Crippen molar-refractivity contribution in [2.24, 2.45) is 5.73 Å². The van der Waals surface area contributed by atoms with E-state index in [1.807, 2.05) is 24.3 Å². The number of anilines is 1. The van der Waals surface area contributed by atoms with Gasteiger partial charge in [0, 0.05) is 19.0 Å². The number of primary amides is 1. The van der Waals surface area contributed by atoms with E-state index in [0.29, 0.717) is 11.7 Å². The van der Waals surface area contributed by atoms with Crippen molar-refractivity contribution in [1.82, 2.24) is 19.9 Å². The number of nitrogens with zero attached hydrogens (tertiary/aromatic N) is 4. The highest BCUT2D eigenvalue weighted by Crippen LogP contribution is 2.28. The van der Waals surface area contributed by atoms with Gasteiger partial charge in [0.15, 0.2) is 0 Å². The number of carbonyl (C=O) groups is 1. The Kier molecular flexibility index (Phi) is 3.60. The van der Waals surface area contributed by atoms with E-state index in [4.69, 9.17) is 10.7 Å². The number of nitrogens with two attached hydrogens (primary N) is 1. The van der Waals surface area contributed by atoms with Crippen molar-refractivity contribution in [2.45, 2.75) is 18.8 Å². The second-order valence-corrected chi connectivity index (χ2v) is 6.05. The molecule has 0 spiro atoms. The molecule has 1 aliphatic rings. The summed E-state index contributed by atoms with van der Waals surface area (Å²) in [6, 6.07) is 8.04. The third-order valence-corrected chi connectivity index (χ3v) is 4.41. The minimum absolute atomic E-state index is 0.193. The van der Waals surface area contributed by atoms with Gasteiger partial charge in [-0.15, -0.1) is 0 Å². The third-order valence-electron chi connectivity index (χ3n) is 4.41. The van der Waals surface area contributed by atoms with Gasteiger partial charge in [-0.25, -0.2) is 9.97 Å². The largest absolute Gasteiger partial charge is 0.364 e. The smallest absolute Gasteiger partial charge is 0.268 e. The first-order chi connectivity index (χ1) is 11.7. The van der Waals surface area contributed by atoms with E-state index in [0.717, 1.165) is 42.8 Å². The number of H-pyrrole nitrogens is 1. The second-order valence-electron chi connectivity index (χ2n) is 6.05. The molecule has 2 aromatic heterocycles. The number of piperidine rings is 1. The maximum Gasteiger partial charge on any atom is 0.268 e. The highest BCUT2D eigenvalue weighted by atomic mass is 16.1. The summed E-state index contributed by atoms with van der Waals surface area (Å²) in [7, 11) is 0. The molecule has 7 heteroatoms. The fourth-order valence-electron chi connectivity index (χ4n) is 3.20. The number of rotatable bonds is 3. The van der Waals surface area contributed by atoms with Crippen LogP contribution in [-0.2, 0) is 0 Å². The molecule has 1 fully saturated rings. The van der Waals surface area contributed by atoms with E-state index in [-0.39, 0.29) is 5.69 Å². The van der Waals surface area contributed by atoms with Crippen LogP contribution in [0.15, 0.2) is 36.7 Å². The molecule has 1 aromatic carbocycles. The Labute approximate surface area is 138 Å². The van der Waals surface area contributed by atoms with E-state index in [2.05, 4.69) is 19.9 Å². The number of aromatic nitrogens is 4. The highest BCUT2D eigenvalue weighted by molar-refractivity contribution is 5.90. The Hall–Kier alpha value is -2.96. The van der Waals surface area contributed by atoms with Crippen molar-refractivity contribution in [3.8, 4) is 0 Å². The molecule has 3 N–H and O–H groups in total. The summed E-state index contributed by atoms with van der Waals surface area (Å²) < 4.78 is 0. The Morgan fingerprint density at radius 1 is 1.25 bits per heavy atom. The number of fused-ring (bicyclic) bond motifs is 1. The number of benzene rings is 1. The molecule has 0 bridgehead atoms. The number of para-hydroxylation sites is 2. The van der Waals surface area contributed by atoms with Gasteiger partial charge in [0.25, 0.3) is 5.91 Å². The van der Waals surface area contributed by atoms with Crippen molar-refractivity contribution < 1.29 is 4.79 Å². The molecule has 0 saturated carbocycles. The molecular formula is C17H18N6O. The van der Waals surface area contributed by atoms with E-state index in [1.54, 1.807) is 6.20 Å². The molecule has 0 aliphatic carbocycles. The molecule has 7 nitrogen and oxygen atoms in total.